The van der Waals surface area contributed by atoms with Crippen LogP contribution in [-0.4, -0.2) is 98.6 Å². The number of hydrogen-bond acceptors (Lipinski definition) is 7. The van der Waals surface area contributed by atoms with Crippen molar-refractivity contribution in [2.24, 2.45) is 0 Å². The smallest absolute Gasteiger partial charge is 0.394 e. The third-order valence-corrected chi connectivity index (χ3v) is 3.92. The summed E-state index contributed by atoms with van der Waals surface area (Å²) >= 11 is 0. The Morgan fingerprint density at radius 3 is 1.18 bits per heavy atom. The molecule has 0 aromatic heterocycles. The van der Waals surface area contributed by atoms with Crippen LogP contribution in [0.15, 0.2) is 0 Å². The van der Waals surface area contributed by atoms with Crippen molar-refractivity contribution in [2.45, 2.75) is 80.3 Å². The predicted octanol–water partition coefficient (Wildman–Crippen LogP) is 6.61. The normalized spacial score (nSPS) is 18.1. The average molecular weight is 738 g/mol. The fraction of sp³-hybridized carbons (Fsp3) is 1.00. The first-order valence-electron chi connectivity index (χ1n) is 9.85. The summed E-state index contributed by atoms with van der Waals surface area (Å²) < 4.78 is 308. The SMILES string of the molecule is OCC(COC(F)(F)C(F)OC(F)(F)C(F)(F)C(F)(F)OC(F)(F)F)OC(F)C(F)OC(F)(F)C(F)(F)C(F)(F)OC(F)(F)F. The lowest BCUT2D eigenvalue weighted by Gasteiger charge is -2.33. The number of rotatable bonds is 18. The van der Waals surface area contributed by atoms with E-state index >= 15 is 0 Å². The van der Waals surface area contributed by atoms with Crippen LogP contribution in [0.3, 0.4) is 0 Å². The lowest BCUT2D eigenvalue weighted by molar-refractivity contribution is -0.520. The van der Waals surface area contributed by atoms with Crippen molar-refractivity contribution in [3.63, 3.8) is 0 Å². The first kappa shape index (κ1) is 43.1. The van der Waals surface area contributed by atoms with E-state index in [1.54, 1.807) is 0 Å². The lowest BCUT2D eigenvalue weighted by Crippen LogP contribution is -2.59. The molecule has 0 radical (unpaired) electrons. The molecule has 0 amide bonds. The maximum atomic E-state index is 13.6. The fourth-order valence-electron chi connectivity index (χ4n) is 1.95. The summed E-state index contributed by atoms with van der Waals surface area (Å²) in [6.07, 6.45) is -66.7. The third-order valence-electron chi connectivity index (χ3n) is 3.92. The van der Waals surface area contributed by atoms with Crippen LogP contribution in [0, 0.1) is 0 Å². The molecule has 0 aliphatic heterocycles. The van der Waals surface area contributed by atoms with Crippen LogP contribution < -0.4 is 0 Å². The van der Waals surface area contributed by atoms with Gasteiger partial charge in [0.1, 0.15) is 6.10 Å². The Kier molecular flexibility index (Phi) is 13.1. The molecule has 0 spiro atoms. The van der Waals surface area contributed by atoms with E-state index in [1.807, 2.05) is 4.74 Å². The molecule has 4 atom stereocenters. The molecule has 0 saturated carbocycles. The molecule has 7 nitrogen and oxygen atoms in total. The molecule has 1 N–H and O–H groups in total. The summed E-state index contributed by atoms with van der Waals surface area (Å²) in [5.41, 5.74) is 0. The second-order valence-electron chi connectivity index (χ2n) is 7.38. The predicted molar refractivity (Wildman–Crippen MR) is 83.7 cm³/mol. The molecule has 0 aliphatic carbocycles. The van der Waals surface area contributed by atoms with E-state index in [9.17, 15) is 101 Å². The Morgan fingerprint density at radius 2 is 0.844 bits per heavy atom. The minimum Gasteiger partial charge on any atom is -0.394 e. The molecule has 0 aromatic carbocycles. The van der Waals surface area contributed by atoms with Gasteiger partial charge in [0, 0.05) is 0 Å². The second-order valence-corrected chi connectivity index (χ2v) is 7.38. The van der Waals surface area contributed by atoms with Crippen molar-refractivity contribution < 1.29 is 135 Å². The quantitative estimate of drug-likeness (QED) is 0.159. The van der Waals surface area contributed by atoms with E-state index in [4.69, 9.17) is 5.11 Å². The first-order valence-corrected chi connectivity index (χ1v) is 9.85. The van der Waals surface area contributed by atoms with Gasteiger partial charge in [-0.2, -0.15) is 61.5 Å². The van der Waals surface area contributed by atoms with Crippen molar-refractivity contribution >= 4 is 0 Å². The summed E-state index contributed by atoms with van der Waals surface area (Å²) in [6.45, 7) is -4.57. The monoisotopic (exact) mass is 738 g/mol. The summed E-state index contributed by atoms with van der Waals surface area (Å²) in [7, 11) is 0. The van der Waals surface area contributed by atoms with Gasteiger partial charge >= 0.3 is 55.1 Å². The van der Waals surface area contributed by atoms with Crippen LogP contribution in [0.2, 0.25) is 0 Å². The van der Waals surface area contributed by atoms with Gasteiger partial charge < -0.3 is 14.6 Å². The summed E-state index contributed by atoms with van der Waals surface area (Å²) in [6, 6.07) is 0. The number of hydrogen-bond donors (Lipinski definition) is 1. The van der Waals surface area contributed by atoms with Gasteiger partial charge in [0.2, 0.25) is 0 Å². The zero-order chi connectivity index (χ0) is 36.5. The van der Waals surface area contributed by atoms with Gasteiger partial charge in [-0.25, -0.2) is 22.6 Å². The van der Waals surface area contributed by atoms with Crippen LogP contribution >= 0.6 is 0 Å². The van der Waals surface area contributed by atoms with E-state index < -0.39 is 93.5 Å². The number of alkyl halides is 23. The van der Waals surface area contributed by atoms with Crippen LogP contribution in [-0.2, 0) is 28.4 Å². The maximum absolute atomic E-state index is 13.6. The summed E-state index contributed by atoms with van der Waals surface area (Å²) in [5, 5.41) is 8.74. The van der Waals surface area contributed by atoms with Crippen molar-refractivity contribution in [1.29, 1.82) is 0 Å². The largest absolute Gasteiger partial charge is 0.527 e. The Labute approximate surface area is 229 Å². The molecule has 30 heteroatoms. The second kappa shape index (κ2) is 13.7. The highest BCUT2D eigenvalue weighted by Crippen LogP contribution is 2.51. The van der Waals surface area contributed by atoms with Crippen molar-refractivity contribution in [1.82, 2.24) is 0 Å². The number of halogens is 23. The van der Waals surface area contributed by atoms with E-state index in [-0.39, 0.29) is 0 Å². The maximum Gasteiger partial charge on any atom is 0.527 e. The molecular weight excluding hydrogens is 729 g/mol. The molecular formula is C15H9F23O7. The summed E-state index contributed by atoms with van der Waals surface area (Å²) in [5.74, 6) is -15.1. The zero-order valence-corrected chi connectivity index (χ0v) is 19.8. The van der Waals surface area contributed by atoms with E-state index in [0.29, 0.717) is 0 Å². The van der Waals surface area contributed by atoms with Gasteiger partial charge in [-0.15, -0.1) is 26.3 Å². The first-order chi connectivity index (χ1) is 19.5. The molecule has 0 bridgehead atoms. The van der Waals surface area contributed by atoms with Crippen molar-refractivity contribution in [3.05, 3.63) is 0 Å². The number of ether oxygens (including phenoxy) is 6. The van der Waals surface area contributed by atoms with Crippen LogP contribution in [0.5, 0.6) is 0 Å². The average Bonchev–Trinajstić information content (AvgIpc) is 2.77. The molecule has 0 aromatic rings. The third kappa shape index (κ3) is 11.1. The Bertz CT molecular complexity index is 937. The fourth-order valence-corrected chi connectivity index (χ4v) is 1.95. The number of aliphatic hydroxyl groups is 1. The van der Waals surface area contributed by atoms with Gasteiger partial charge in [0.05, 0.1) is 13.2 Å². The van der Waals surface area contributed by atoms with Crippen molar-refractivity contribution in [2.75, 3.05) is 13.2 Å². The van der Waals surface area contributed by atoms with Crippen molar-refractivity contribution in [3.8, 4) is 0 Å². The van der Waals surface area contributed by atoms with Gasteiger partial charge in [0.25, 0.3) is 19.1 Å². The highest BCUT2D eigenvalue weighted by atomic mass is 19.4. The summed E-state index contributed by atoms with van der Waals surface area (Å²) in [4.78, 5) is 0. The standard InChI is InChI=1S/C15H9F23O7/c16-4(5(17)42-10(25,26)8(21,22)12(29,30)44-14(33,34)35)41-3(1-39)2-40-7(19,20)6(18)43-11(27,28)9(23,24)13(31,32)45-15(36,37)38/h3-6,39H,1-2H2. The van der Waals surface area contributed by atoms with Crippen LogP contribution in [0.25, 0.3) is 0 Å². The van der Waals surface area contributed by atoms with E-state index in [2.05, 4.69) is 14.2 Å². The molecule has 272 valence electrons. The molecule has 0 heterocycles. The molecule has 0 saturated heterocycles. The minimum absolute atomic E-state index is 1.40. The number of aliphatic hydroxyl groups excluding tert-OH is 1. The zero-order valence-electron chi connectivity index (χ0n) is 19.8. The van der Waals surface area contributed by atoms with Gasteiger partial charge in [0.15, 0.2) is 0 Å². The molecule has 0 fully saturated rings. The molecule has 0 aliphatic rings. The minimum atomic E-state index is -7.61. The Hall–Kier alpha value is -1.89. The van der Waals surface area contributed by atoms with Crippen LogP contribution in [0.4, 0.5) is 101 Å². The Balaban J connectivity index is 5.52. The molecule has 4 unspecified atom stereocenters. The molecule has 45 heavy (non-hydrogen) atoms. The van der Waals surface area contributed by atoms with Crippen LogP contribution in [0.1, 0.15) is 0 Å². The Morgan fingerprint density at radius 1 is 0.489 bits per heavy atom. The van der Waals surface area contributed by atoms with Gasteiger partial charge in [-0.05, 0) is 0 Å². The van der Waals surface area contributed by atoms with E-state index in [1.165, 1.54) is 9.47 Å². The highest BCUT2D eigenvalue weighted by molar-refractivity contribution is 4.88. The molecule has 0 rings (SSSR count). The lowest BCUT2D eigenvalue weighted by atomic mass is 10.3. The van der Waals surface area contributed by atoms with Gasteiger partial charge in [-0.1, -0.05) is 0 Å². The topological polar surface area (TPSA) is 75.6 Å². The van der Waals surface area contributed by atoms with E-state index in [0.717, 1.165) is 0 Å². The van der Waals surface area contributed by atoms with Gasteiger partial charge in [-0.3, -0.25) is 9.47 Å². The highest BCUT2D eigenvalue weighted by Gasteiger charge is 2.79.